The zero-order chi connectivity index (χ0) is 34.0. The lowest BCUT2D eigenvalue weighted by molar-refractivity contribution is -0.128. The monoisotopic (exact) mass is 686 g/mol. The van der Waals surface area contributed by atoms with Gasteiger partial charge in [0, 0.05) is 38.3 Å². The van der Waals surface area contributed by atoms with Crippen LogP contribution in [0.1, 0.15) is 46.1 Å². The summed E-state index contributed by atoms with van der Waals surface area (Å²) in [4.78, 5) is 31.9. The maximum absolute atomic E-state index is 14.7. The molecule has 49 heavy (non-hydrogen) atoms. The number of ether oxygens (including phenoxy) is 1. The molecule has 0 radical (unpaired) electrons. The number of hydrogen-bond acceptors (Lipinski definition) is 9. The number of morpholine rings is 1. The highest BCUT2D eigenvalue weighted by Gasteiger charge is 2.41. The Morgan fingerprint density at radius 2 is 1.88 bits per heavy atom. The molecule has 2 aromatic heterocycles. The van der Waals surface area contributed by atoms with Gasteiger partial charge >= 0.3 is 4.87 Å². The molecule has 2 aliphatic rings. The first-order valence-electron chi connectivity index (χ1n) is 16.5. The van der Waals surface area contributed by atoms with Crippen molar-refractivity contribution in [3.05, 3.63) is 111 Å². The van der Waals surface area contributed by atoms with E-state index in [0.29, 0.717) is 60.7 Å². The molecule has 2 aliphatic heterocycles. The molecule has 0 bridgehead atoms. The van der Waals surface area contributed by atoms with E-state index in [-0.39, 0.29) is 28.9 Å². The van der Waals surface area contributed by atoms with Crippen molar-refractivity contribution in [1.82, 2.24) is 29.9 Å². The average molecular weight is 687 g/mol. The number of benzene rings is 3. The number of carbonyl (C=O) groups is 1. The number of aromatic hydroxyl groups is 1. The van der Waals surface area contributed by atoms with Gasteiger partial charge in [-0.05, 0) is 73.3 Å². The molecule has 0 aliphatic carbocycles. The highest BCUT2D eigenvalue weighted by Crippen LogP contribution is 2.33. The van der Waals surface area contributed by atoms with Gasteiger partial charge < -0.3 is 30.2 Å². The summed E-state index contributed by atoms with van der Waals surface area (Å²) in [5, 5.41) is 28.4. The van der Waals surface area contributed by atoms with Crippen molar-refractivity contribution >= 4 is 27.5 Å². The predicted octanol–water partition coefficient (Wildman–Crippen LogP) is 3.99. The minimum atomic E-state index is -0.879. The van der Waals surface area contributed by atoms with Crippen LogP contribution in [0, 0.1) is 5.82 Å². The first-order chi connectivity index (χ1) is 23.8. The van der Waals surface area contributed by atoms with E-state index in [0.717, 1.165) is 54.1 Å². The molecule has 13 heteroatoms. The van der Waals surface area contributed by atoms with Crippen LogP contribution in [0.5, 0.6) is 5.75 Å². The number of aromatic amines is 1. The maximum atomic E-state index is 14.7. The number of phenols is 1. The molecule has 1 amide bonds. The summed E-state index contributed by atoms with van der Waals surface area (Å²) in [5.41, 5.74) is 3.62. The van der Waals surface area contributed by atoms with E-state index in [1.807, 2.05) is 41.3 Å². The molecule has 7 rings (SSSR count). The second-order valence-electron chi connectivity index (χ2n) is 12.8. The van der Waals surface area contributed by atoms with Gasteiger partial charge in [-0.15, -0.1) is 0 Å². The molecule has 11 nitrogen and oxygen atoms in total. The minimum absolute atomic E-state index is 0.0341. The average Bonchev–Trinajstić information content (AvgIpc) is 3.75. The van der Waals surface area contributed by atoms with Crippen LogP contribution >= 0.6 is 11.3 Å². The quantitative estimate of drug-likeness (QED) is 0.162. The molecule has 3 aromatic carbocycles. The maximum Gasteiger partial charge on any atom is 0.305 e. The molecule has 256 valence electrons. The summed E-state index contributed by atoms with van der Waals surface area (Å²) in [6.07, 6.45) is 2.90. The van der Waals surface area contributed by atoms with Gasteiger partial charge in [0.05, 0.1) is 41.4 Å². The van der Waals surface area contributed by atoms with E-state index < -0.39 is 11.7 Å². The number of likely N-dealkylation sites (tertiary alicyclic amines) is 1. The number of halogens is 1. The van der Waals surface area contributed by atoms with E-state index in [2.05, 4.69) is 20.3 Å². The van der Waals surface area contributed by atoms with Gasteiger partial charge in [-0.25, -0.2) is 9.07 Å². The number of nitrogens with zero attached hydrogens (tertiary/aromatic N) is 4. The van der Waals surface area contributed by atoms with Gasteiger partial charge in [-0.1, -0.05) is 41.7 Å². The lowest BCUT2D eigenvalue weighted by Crippen LogP contribution is -2.58. The number of aliphatic hydroxyl groups excluding tert-OH is 1. The third-order valence-corrected chi connectivity index (χ3v) is 10.4. The Kier molecular flexibility index (Phi) is 9.61. The first-order valence-corrected chi connectivity index (χ1v) is 17.4. The van der Waals surface area contributed by atoms with Crippen molar-refractivity contribution in [3.63, 3.8) is 0 Å². The van der Waals surface area contributed by atoms with Crippen molar-refractivity contribution < 1.29 is 24.1 Å². The molecule has 1 atom stereocenters. The Bertz CT molecular complexity index is 1990. The second kappa shape index (κ2) is 14.2. The van der Waals surface area contributed by atoms with Crippen LogP contribution < -0.4 is 10.2 Å². The van der Waals surface area contributed by atoms with Crippen LogP contribution in [-0.4, -0.2) is 92.2 Å². The Labute approximate surface area is 286 Å². The lowest BCUT2D eigenvalue weighted by atomic mass is 9.89. The molecule has 1 spiro atoms. The number of rotatable bonds is 10. The SMILES string of the molecule is O=C(c1ccnn1-c1ccccc1)N1CCOC2(CCN(Cc3cc(F)cc(CCNCC(O)c4ccc(O)c5[nH]c(=O)sc45)c3)CC2)C1. The van der Waals surface area contributed by atoms with Crippen molar-refractivity contribution in [3.8, 4) is 11.4 Å². The van der Waals surface area contributed by atoms with Crippen LogP contribution in [-0.2, 0) is 17.7 Å². The number of nitrogens with one attached hydrogen (secondary N) is 2. The van der Waals surface area contributed by atoms with Gasteiger partial charge in [0.15, 0.2) is 0 Å². The number of para-hydroxylation sites is 1. The molecule has 5 aromatic rings. The minimum Gasteiger partial charge on any atom is -0.506 e. The van der Waals surface area contributed by atoms with Crippen molar-refractivity contribution in [1.29, 1.82) is 0 Å². The van der Waals surface area contributed by atoms with Crippen LogP contribution in [0.3, 0.4) is 0 Å². The number of aliphatic hydroxyl groups is 1. The molecular weight excluding hydrogens is 647 g/mol. The van der Waals surface area contributed by atoms with Crippen LogP contribution in [0.2, 0.25) is 0 Å². The summed E-state index contributed by atoms with van der Waals surface area (Å²) < 4.78 is 23.2. The highest BCUT2D eigenvalue weighted by atomic mass is 32.1. The Hall–Kier alpha value is -4.40. The second-order valence-corrected chi connectivity index (χ2v) is 13.8. The van der Waals surface area contributed by atoms with Gasteiger partial charge in [-0.2, -0.15) is 5.10 Å². The summed E-state index contributed by atoms with van der Waals surface area (Å²) in [5.74, 6) is -0.373. The molecule has 1 unspecified atom stereocenters. The van der Waals surface area contributed by atoms with Crippen molar-refractivity contribution in [2.75, 3.05) is 45.9 Å². The number of thiazole rings is 1. The van der Waals surface area contributed by atoms with E-state index in [9.17, 15) is 24.2 Å². The molecule has 4 heterocycles. The van der Waals surface area contributed by atoms with Crippen LogP contribution in [0.15, 0.2) is 77.7 Å². The molecular formula is C36H39FN6O5S. The Balaban J connectivity index is 0.910. The number of fused-ring (bicyclic) bond motifs is 1. The first kappa shape index (κ1) is 33.1. The smallest absolute Gasteiger partial charge is 0.305 e. The molecule has 0 saturated carbocycles. The third kappa shape index (κ3) is 7.31. The van der Waals surface area contributed by atoms with Gasteiger partial charge in [0.2, 0.25) is 0 Å². The van der Waals surface area contributed by atoms with Crippen molar-refractivity contribution in [2.45, 2.75) is 37.5 Å². The highest BCUT2D eigenvalue weighted by molar-refractivity contribution is 7.16. The van der Waals surface area contributed by atoms with Crippen molar-refractivity contribution in [2.24, 2.45) is 0 Å². The standard InChI is InChI=1S/C36H39FN6O5S/c37-26-19-24(8-12-38-21-31(45)28-6-7-30(44)32-33(28)49-35(47)40-32)18-25(20-26)22-41-14-10-36(11-15-41)23-42(16-17-48-36)34(46)29-9-13-39-43(29)27-4-2-1-3-5-27/h1-7,9,13,18-20,31,38,44-45H,8,10-12,14-17,21-23H2,(H,40,47). The fourth-order valence-corrected chi connectivity index (χ4v) is 7.85. The Morgan fingerprint density at radius 1 is 1.08 bits per heavy atom. The van der Waals surface area contributed by atoms with Gasteiger partial charge in [-0.3, -0.25) is 14.5 Å². The zero-order valence-electron chi connectivity index (χ0n) is 27.0. The molecule has 2 fully saturated rings. The fraction of sp³-hybridized carbons (Fsp3) is 0.361. The Morgan fingerprint density at radius 3 is 2.69 bits per heavy atom. The van der Waals surface area contributed by atoms with Crippen LogP contribution in [0.25, 0.3) is 15.9 Å². The molecule has 2 saturated heterocycles. The van der Waals surface area contributed by atoms with E-state index in [1.54, 1.807) is 35.1 Å². The largest absolute Gasteiger partial charge is 0.506 e. The zero-order valence-corrected chi connectivity index (χ0v) is 27.8. The summed E-state index contributed by atoms with van der Waals surface area (Å²) in [6.45, 7) is 4.46. The number of H-pyrrole nitrogens is 1. The number of piperidine rings is 1. The predicted molar refractivity (Wildman–Crippen MR) is 185 cm³/mol. The van der Waals surface area contributed by atoms with Crippen LogP contribution in [0.4, 0.5) is 4.39 Å². The van der Waals surface area contributed by atoms with E-state index in [1.165, 1.54) is 6.07 Å². The number of hydrogen-bond donors (Lipinski definition) is 4. The fourth-order valence-electron chi connectivity index (χ4n) is 6.94. The summed E-state index contributed by atoms with van der Waals surface area (Å²) in [7, 11) is 0. The number of amides is 1. The topological polar surface area (TPSA) is 136 Å². The number of aromatic nitrogens is 3. The third-order valence-electron chi connectivity index (χ3n) is 9.46. The summed E-state index contributed by atoms with van der Waals surface area (Å²) >= 11 is 0.951. The van der Waals surface area contributed by atoms with E-state index >= 15 is 0 Å². The molecule has 4 N–H and O–H groups in total. The van der Waals surface area contributed by atoms with E-state index in [4.69, 9.17) is 4.74 Å². The normalized spacial score (nSPS) is 17.1. The summed E-state index contributed by atoms with van der Waals surface area (Å²) in [6, 6.07) is 19.6. The van der Waals surface area contributed by atoms with Gasteiger partial charge in [0.1, 0.15) is 22.8 Å². The number of phenolic OH excluding ortho intramolecular Hbond substituents is 1. The van der Waals surface area contributed by atoms with Gasteiger partial charge in [0.25, 0.3) is 5.91 Å². The number of carbonyl (C=O) groups excluding carboxylic acids is 1. The lowest BCUT2D eigenvalue weighted by Gasteiger charge is -2.47.